The van der Waals surface area contributed by atoms with Crippen LogP contribution in [-0.4, -0.2) is 21.9 Å². The minimum atomic E-state index is -0.223. The van der Waals surface area contributed by atoms with Crippen molar-refractivity contribution in [2.45, 2.75) is 6.92 Å². The van der Waals surface area contributed by atoms with Crippen molar-refractivity contribution in [3.63, 3.8) is 0 Å². The van der Waals surface area contributed by atoms with Crippen LogP contribution >= 0.6 is 0 Å². The summed E-state index contributed by atoms with van der Waals surface area (Å²) in [5.74, 6) is -0.260. The number of benzene rings is 2. The lowest BCUT2D eigenvalue weighted by atomic mass is 10.1. The van der Waals surface area contributed by atoms with Crippen molar-refractivity contribution in [2.75, 3.05) is 5.32 Å². The number of H-pyrrole nitrogens is 1. The molecule has 1 amide bonds. The van der Waals surface area contributed by atoms with Crippen molar-refractivity contribution in [3.05, 3.63) is 59.8 Å². The van der Waals surface area contributed by atoms with Gasteiger partial charge in [0.1, 0.15) is 0 Å². The number of carbonyl (C=O) groups excluding carboxylic acids is 2. The highest BCUT2D eigenvalue weighted by Crippen LogP contribution is 2.16. The Balaban J connectivity index is 1.85. The molecule has 0 saturated heterocycles. The van der Waals surface area contributed by atoms with E-state index in [9.17, 15) is 9.59 Å². The largest absolute Gasteiger partial charge is 0.322 e. The number of rotatable bonds is 3. The molecule has 0 radical (unpaired) electrons. The summed E-state index contributed by atoms with van der Waals surface area (Å²) in [7, 11) is 0. The van der Waals surface area contributed by atoms with Crippen LogP contribution in [0.4, 0.5) is 5.69 Å². The third-order valence-electron chi connectivity index (χ3n) is 3.23. The van der Waals surface area contributed by atoms with E-state index >= 15 is 0 Å². The van der Waals surface area contributed by atoms with Gasteiger partial charge in [-0.3, -0.25) is 14.7 Å². The average molecular weight is 279 g/mol. The van der Waals surface area contributed by atoms with E-state index in [0.29, 0.717) is 16.8 Å². The van der Waals surface area contributed by atoms with Crippen LogP contribution in [0.5, 0.6) is 0 Å². The molecule has 1 aromatic heterocycles. The molecule has 2 N–H and O–H groups in total. The topological polar surface area (TPSA) is 74.8 Å². The first-order valence-corrected chi connectivity index (χ1v) is 6.49. The summed E-state index contributed by atoms with van der Waals surface area (Å²) < 4.78 is 0. The van der Waals surface area contributed by atoms with E-state index in [-0.39, 0.29) is 11.7 Å². The molecule has 104 valence electrons. The zero-order valence-electron chi connectivity index (χ0n) is 11.4. The van der Waals surface area contributed by atoms with Gasteiger partial charge in [0.05, 0.1) is 11.7 Å². The number of nitrogens with one attached hydrogen (secondary N) is 2. The summed E-state index contributed by atoms with van der Waals surface area (Å²) in [6.45, 7) is 1.49. The van der Waals surface area contributed by atoms with E-state index < -0.39 is 0 Å². The Hall–Kier alpha value is -2.95. The lowest BCUT2D eigenvalue weighted by molar-refractivity contribution is 0.101. The van der Waals surface area contributed by atoms with Crippen LogP contribution < -0.4 is 5.32 Å². The van der Waals surface area contributed by atoms with Gasteiger partial charge in [0.25, 0.3) is 5.91 Å². The van der Waals surface area contributed by atoms with Crippen LogP contribution in [0.15, 0.2) is 48.7 Å². The molecule has 5 heteroatoms. The normalized spacial score (nSPS) is 10.5. The van der Waals surface area contributed by atoms with E-state index in [0.717, 1.165) is 10.9 Å². The highest BCUT2D eigenvalue weighted by molar-refractivity contribution is 6.06. The number of aromatic nitrogens is 2. The molecule has 0 fully saturated rings. The fraction of sp³-hybridized carbons (Fsp3) is 0.0625. The third kappa shape index (κ3) is 2.67. The van der Waals surface area contributed by atoms with Gasteiger partial charge in [0.15, 0.2) is 5.78 Å². The van der Waals surface area contributed by atoms with Crippen LogP contribution in [0.25, 0.3) is 10.9 Å². The number of hydrogen-bond donors (Lipinski definition) is 2. The number of fused-ring (bicyclic) bond motifs is 1. The second-order valence-corrected chi connectivity index (χ2v) is 4.76. The van der Waals surface area contributed by atoms with Gasteiger partial charge in [-0.25, -0.2) is 0 Å². The van der Waals surface area contributed by atoms with E-state index in [1.165, 1.54) is 6.92 Å². The Morgan fingerprint density at radius 1 is 1.10 bits per heavy atom. The molecule has 3 aromatic rings. The van der Waals surface area contributed by atoms with Gasteiger partial charge in [-0.05, 0) is 37.3 Å². The molecule has 1 heterocycles. The molecule has 0 unspecified atom stereocenters. The van der Waals surface area contributed by atoms with Crippen molar-refractivity contribution in [3.8, 4) is 0 Å². The highest BCUT2D eigenvalue weighted by Gasteiger charge is 2.08. The molecule has 0 aliphatic heterocycles. The second-order valence-electron chi connectivity index (χ2n) is 4.76. The average Bonchev–Trinajstić information content (AvgIpc) is 2.94. The molecule has 0 atom stereocenters. The van der Waals surface area contributed by atoms with Crippen LogP contribution in [0.3, 0.4) is 0 Å². The minimum absolute atomic E-state index is 0.0362. The first-order valence-electron chi connectivity index (χ1n) is 6.49. The Morgan fingerprint density at radius 2 is 1.95 bits per heavy atom. The maximum atomic E-state index is 12.2. The fourth-order valence-electron chi connectivity index (χ4n) is 2.10. The van der Waals surface area contributed by atoms with Crippen molar-refractivity contribution >= 4 is 28.3 Å². The van der Waals surface area contributed by atoms with E-state index in [4.69, 9.17) is 0 Å². The van der Waals surface area contributed by atoms with Gasteiger partial charge in [0, 0.05) is 22.2 Å². The van der Waals surface area contributed by atoms with Gasteiger partial charge < -0.3 is 5.32 Å². The number of aromatic amines is 1. The van der Waals surface area contributed by atoms with Crippen LogP contribution in [0.2, 0.25) is 0 Å². The highest BCUT2D eigenvalue weighted by atomic mass is 16.1. The summed E-state index contributed by atoms with van der Waals surface area (Å²) in [6.07, 6.45) is 1.67. The van der Waals surface area contributed by atoms with Gasteiger partial charge in [0.2, 0.25) is 0 Å². The maximum absolute atomic E-state index is 12.2. The molecule has 3 rings (SSSR count). The van der Waals surface area contributed by atoms with Crippen LogP contribution in [-0.2, 0) is 0 Å². The molecule has 2 aromatic carbocycles. The smallest absolute Gasteiger partial charge is 0.255 e. The summed E-state index contributed by atoms with van der Waals surface area (Å²) >= 11 is 0. The number of nitrogens with zero attached hydrogens (tertiary/aromatic N) is 1. The Morgan fingerprint density at radius 3 is 2.76 bits per heavy atom. The third-order valence-corrected chi connectivity index (χ3v) is 3.23. The van der Waals surface area contributed by atoms with Gasteiger partial charge in [-0.1, -0.05) is 12.1 Å². The van der Waals surface area contributed by atoms with Crippen LogP contribution in [0.1, 0.15) is 27.6 Å². The first-order chi connectivity index (χ1) is 10.1. The summed E-state index contributed by atoms with van der Waals surface area (Å²) in [6, 6.07) is 12.2. The van der Waals surface area contributed by atoms with Gasteiger partial charge >= 0.3 is 0 Å². The molecule has 0 aliphatic rings. The van der Waals surface area contributed by atoms with Crippen LogP contribution in [0, 0.1) is 0 Å². The minimum Gasteiger partial charge on any atom is -0.322 e. The maximum Gasteiger partial charge on any atom is 0.255 e. The second kappa shape index (κ2) is 5.20. The van der Waals surface area contributed by atoms with Crippen molar-refractivity contribution in [1.82, 2.24) is 10.2 Å². The number of carbonyl (C=O) groups is 2. The molecule has 0 bridgehead atoms. The molecular formula is C16H13N3O2. The van der Waals surface area contributed by atoms with E-state index in [2.05, 4.69) is 15.5 Å². The zero-order valence-corrected chi connectivity index (χ0v) is 11.4. The van der Waals surface area contributed by atoms with E-state index in [1.54, 1.807) is 42.6 Å². The summed E-state index contributed by atoms with van der Waals surface area (Å²) in [5, 5.41) is 10.4. The predicted octanol–water partition coefficient (Wildman–Crippen LogP) is 3.02. The van der Waals surface area contributed by atoms with Crippen molar-refractivity contribution in [2.24, 2.45) is 0 Å². The van der Waals surface area contributed by atoms with Crippen molar-refractivity contribution < 1.29 is 9.59 Å². The number of amides is 1. The first kappa shape index (κ1) is 13.1. The standard InChI is InChI=1S/C16H13N3O2/c1-10(20)11-3-2-4-14(8-11)18-16(21)12-5-6-15-13(7-12)9-17-19-15/h2-9H,1H3,(H,17,19)(H,18,21). The van der Waals surface area contributed by atoms with E-state index in [1.807, 2.05) is 6.07 Å². The quantitative estimate of drug-likeness (QED) is 0.724. The molecule has 0 saturated carbocycles. The number of anilines is 1. The molecule has 0 spiro atoms. The summed E-state index contributed by atoms with van der Waals surface area (Å²) in [4.78, 5) is 23.6. The monoisotopic (exact) mass is 279 g/mol. The Kier molecular flexibility index (Phi) is 3.23. The Bertz CT molecular complexity index is 836. The number of Topliss-reactive ketones (excluding diaryl/α,β-unsaturated/α-hetero) is 1. The summed E-state index contributed by atoms with van der Waals surface area (Å²) in [5.41, 5.74) is 2.58. The molecular weight excluding hydrogens is 266 g/mol. The van der Waals surface area contributed by atoms with Gasteiger partial charge in [-0.15, -0.1) is 0 Å². The predicted molar refractivity (Wildman–Crippen MR) is 80.5 cm³/mol. The number of hydrogen-bond acceptors (Lipinski definition) is 3. The lowest BCUT2D eigenvalue weighted by Gasteiger charge is -2.06. The van der Waals surface area contributed by atoms with Crippen molar-refractivity contribution in [1.29, 1.82) is 0 Å². The SMILES string of the molecule is CC(=O)c1cccc(NC(=O)c2ccc3[nH]ncc3c2)c1. The fourth-order valence-corrected chi connectivity index (χ4v) is 2.10. The molecule has 5 nitrogen and oxygen atoms in total. The Labute approximate surface area is 121 Å². The number of ketones is 1. The molecule has 0 aliphatic carbocycles. The van der Waals surface area contributed by atoms with Gasteiger partial charge in [-0.2, -0.15) is 5.10 Å². The zero-order chi connectivity index (χ0) is 14.8. The molecule has 21 heavy (non-hydrogen) atoms. The lowest BCUT2D eigenvalue weighted by Crippen LogP contribution is -2.12.